The standard InChI is InChI=1S/C25H40N4O4/c1-5-27(6-2)22(30)17-26-12-9-13-28(15-14-26)25(33)21(16-18(3)4)29-23(31)19-10-7-8-11-20(19)24(29)32/h7-8,18-21H,5-6,9-17H2,1-4H3. The van der Waals surface area contributed by atoms with E-state index in [4.69, 9.17) is 0 Å². The molecule has 2 saturated heterocycles. The second-order valence-corrected chi connectivity index (χ2v) is 9.87. The van der Waals surface area contributed by atoms with Gasteiger partial charge < -0.3 is 9.80 Å². The molecule has 33 heavy (non-hydrogen) atoms. The Labute approximate surface area is 197 Å². The lowest BCUT2D eigenvalue weighted by Crippen LogP contribution is -2.52. The molecule has 2 aliphatic heterocycles. The largest absolute Gasteiger partial charge is 0.342 e. The van der Waals surface area contributed by atoms with E-state index in [1.165, 1.54) is 4.90 Å². The summed E-state index contributed by atoms with van der Waals surface area (Å²) >= 11 is 0. The van der Waals surface area contributed by atoms with Crippen molar-refractivity contribution in [3.05, 3.63) is 12.2 Å². The van der Waals surface area contributed by atoms with Crippen molar-refractivity contribution in [3.63, 3.8) is 0 Å². The van der Waals surface area contributed by atoms with Gasteiger partial charge in [0.25, 0.3) is 0 Å². The van der Waals surface area contributed by atoms with Crippen LogP contribution in [0.15, 0.2) is 12.2 Å². The second kappa shape index (κ2) is 11.3. The Kier molecular flexibility index (Phi) is 8.68. The number of carbonyl (C=O) groups is 4. The molecule has 0 N–H and O–H groups in total. The maximum absolute atomic E-state index is 13.7. The lowest BCUT2D eigenvalue weighted by Gasteiger charge is -2.32. The van der Waals surface area contributed by atoms with Gasteiger partial charge in [-0.25, -0.2) is 0 Å². The highest BCUT2D eigenvalue weighted by molar-refractivity contribution is 6.08. The number of likely N-dealkylation sites (tertiary alicyclic amines) is 1. The fourth-order valence-electron chi connectivity index (χ4n) is 5.32. The van der Waals surface area contributed by atoms with Gasteiger partial charge in [-0.3, -0.25) is 29.0 Å². The van der Waals surface area contributed by atoms with Crippen LogP contribution >= 0.6 is 0 Å². The maximum Gasteiger partial charge on any atom is 0.245 e. The van der Waals surface area contributed by atoms with Gasteiger partial charge in [0, 0.05) is 39.3 Å². The minimum atomic E-state index is -0.737. The molecule has 1 aliphatic carbocycles. The van der Waals surface area contributed by atoms with Crippen molar-refractivity contribution < 1.29 is 19.2 Å². The number of hydrogen-bond donors (Lipinski definition) is 0. The van der Waals surface area contributed by atoms with Gasteiger partial charge in [-0.2, -0.15) is 0 Å². The molecule has 3 unspecified atom stereocenters. The zero-order chi connectivity index (χ0) is 24.1. The van der Waals surface area contributed by atoms with Crippen molar-refractivity contribution in [2.75, 3.05) is 45.8 Å². The van der Waals surface area contributed by atoms with Gasteiger partial charge in [0.1, 0.15) is 6.04 Å². The van der Waals surface area contributed by atoms with Gasteiger partial charge in [0.05, 0.1) is 18.4 Å². The van der Waals surface area contributed by atoms with E-state index >= 15 is 0 Å². The Balaban J connectivity index is 1.69. The topological polar surface area (TPSA) is 81.2 Å². The monoisotopic (exact) mass is 460 g/mol. The zero-order valence-electron chi connectivity index (χ0n) is 20.7. The number of likely N-dealkylation sites (N-methyl/N-ethyl adjacent to an activating group) is 1. The summed E-state index contributed by atoms with van der Waals surface area (Å²) < 4.78 is 0. The number of amides is 4. The number of hydrogen-bond acceptors (Lipinski definition) is 5. The first-order valence-corrected chi connectivity index (χ1v) is 12.6. The van der Waals surface area contributed by atoms with E-state index in [0.29, 0.717) is 58.5 Å². The van der Waals surface area contributed by atoms with Crippen LogP contribution in [0, 0.1) is 17.8 Å². The molecule has 8 nitrogen and oxygen atoms in total. The number of imide groups is 1. The summed E-state index contributed by atoms with van der Waals surface area (Å²) in [5.74, 6) is -0.859. The van der Waals surface area contributed by atoms with Crippen molar-refractivity contribution >= 4 is 23.6 Å². The maximum atomic E-state index is 13.7. The van der Waals surface area contributed by atoms with E-state index in [9.17, 15) is 19.2 Å². The highest BCUT2D eigenvalue weighted by atomic mass is 16.2. The third kappa shape index (κ3) is 5.65. The van der Waals surface area contributed by atoms with E-state index < -0.39 is 6.04 Å². The molecule has 4 amide bonds. The first-order valence-electron chi connectivity index (χ1n) is 12.6. The zero-order valence-corrected chi connectivity index (χ0v) is 20.7. The smallest absolute Gasteiger partial charge is 0.245 e. The Morgan fingerprint density at radius 1 is 0.970 bits per heavy atom. The van der Waals surface area contributed by atoms with Crippen LogP contribution < -0.4 is 0 Å². The van der Waals surface area contributed by atoms with Gasteiger partial charge in [0.2, 0.25) is 23.6 Å². The highest BCUT2D eigenvalue weighted by Crippen LogP contribution is 2.37. The molecule has 0 aromatic carbocycles. The Bertz CT molecular complexity index is 750. The molecular formula is C25H40N4O4. The predicted molar refractivity (Wildman–Crippen MR) is 126 cm³/mol. The SMILES string of the molecule is CCN(CC)C(=O)CN1CCCN(C(=O)C(CC(C)C)N2C(=O)C3CC=CCC3C2=O)CC1. The van der Waals surface area contributed by atoms with E-state index in [-0.39, 0.29) is 41.4 Å². The quantitative estimate of drug-likeness (QED) is 0.407. The van der Waals surface area contributed by atoms with Crippen LogP contribution in [0.4, 0.5) is 0 Å². The third-order valence-electron chi connectivity index (χ3n) is 7.21. The molecule has 0 spiro atoms. The van der Waals surface area contributed by atoms with Crippen molar-refractivity contribution in [1.29, 1.82) is 0 Å². The number of fused-ring (bicyclic) bond motifs is 1. The average Bonchev–Trinajstić information content (AvgIpc) is 2.93. The lowest BCUT2D eigenvalue weighted by molar-refractivity contribution is -0.152. The molecule has 3 rings (SSSR count). The van der Waals surface area contributed by atoms with Crippen LogP contribution in [0.5, 0.6) is 0 Å². The molecule has 2 heterocycles. The van der Waals surface area contributed by atoms with Gasteiger partial charge >= 0.3 is 0 Å². The Morgan fingerprint density at radius 3 is 2.12 bits per heavy atom. The predicted octanol–water partition coefficient (Wildman–Crippen LogP) is 1.76. The summed E-state index contributed by atoms with van der Waals surface area (Å²) in [6.45, 7) is 12.2. The molecule has 2 fully saturated rings. The number of rotatable bonds is 8. The summed E-state index contributed by atoms with van der Waals surface area (Å²) in [6, 6.07) is -0.737. The van der Waals surface area contributed by atoms with E-state index in [2.05, 4.69) is 4.90 Å². The van der Waals surface area contributed by atoms with Crippen molar-refractivity contribution in [2.45, 2.75) is 59.4 Å². The van der Waals surface area contributed by atoms with Crippen molar-refractivity contribution in [1.82, 2.24) is 19.6 Å². The number of carbonyl (C=O) groups excluding carboxylic acids is 4. The summed E-state index contributed by atoms with van der Waals surface area (Å²) in [7, 11) is 0. The molecule has 0 aromatic rings. The first kappa shape index (κ1) is 25.4. The minimum Gasteiger partial charge on any atom is -0.342 e. The molecule has 3 aliphatic rings. The fourth-order valence-corrected chi connectivity index (χ4v) is 5.32. The second-order valence-electron chi connectivity index (χ2n) is 9.87. The molecular weight excluding hydrogens is 420 g/mol. The lowest BCUT2D eigenvalue weighted by atomic mass is 9.85. The van der Waals surface area contributed by atoms with Gasteiger partial charge in [-0.15, -0.1) is 0 Å². The highest BCUT2D eigenvalue weighted by Gasteiger charge is 2.51. The van der Waals surface area contributed by atoms with E-state index in [0.717, 1.165) is 13.0 Å². The van der Waals surface area contributed by atoms with Crippen LogP contribution in [0.2, 0.25) is 0 Å². The summed E-state index contributed by atoms with van der Waals surface area (Å²) in [5, 5.41) is 0. The normalized spacial score (nSPS) is 24.8. The van der Waals surface area contributed by atoms with Crippen LogP contribution in [-0.4, -0.2) is 95.1 Å². The Morgan fingerprint density at radius 2 is 1.58 bits per heavy atom. The van der Waals surface area contributed by atoms with Crippen LogP contribution in [-0.2, 0) is 19.2 Å². The molecule has 3 atom stereocenters. The average molecular weight is 461 g/mol. The molecule has 0 bridgehead atoms. The van der Waals surface area contributed by atoms with E-state index in [1.54, 1.807) is 4.90 Å². The number of nitrogens with zero attached hydrogens (tertiary/aromatic N) is 4. The molecule has 0 aromatic heterocycles. The Hall–Kier alpha value is -2.22. The first-order chi connectivity index (χ1) is 15.8. The van der Waals surface area contributed by atoms with Crippen LogP contribution in [0.3, 0.4) is 0 Å². The third-order valence-corrected chi connectivity index (χ3v) is 7.21. The van der Waals surface area contributed by atoms with Crippen LogP contribution in [0.1, 0.15) is 53.4 Å². The van der Waals surface area contributed by atoms with E-state index in [1.807, 2.05) is 44.7 Å². The van der Waals surface area contributed by atoms with Crippen molar-refractivity contribution in [2.24, 2.45) is 17.8 Å². The summed E-state index contributed by atoms with van der Waals surface area (Å²) in [5.41, 5.74) is 0. The van der Waals surface area contributed by atoms with Crippen LogP contribution in [0.25, 0.3) is 0 Å². The molecule has 0 radical (unpaired) electrons. The van der Waals surface area contributed by atoms with Gasteiger partial charge in [0.15, 0.2) is 0 Å². The summed E-state index contributed by atoms with van der Waals surface area (Å²) in [6.07, 6.45) is 6.34. The van der Waals surface area contributed by atoms with Gasteiger partial charge in [-0.1, -0.05) is 26.0 Å². The van der Waals surface area contributed by atoms with Gasteiger partial charge in [-0.05, 0) is 45.4 Å². The molecule has 8 heteroatoms. The minimum absolute atomic E-state index is 0.113. The number of allylic oxidation sites excluding steroid dienone is 2. The molecule has 184 valence electrons. The van der Waals surface area contributed by atoms with Crippen molar-refractivity contribution in [3.8, 4) is 0 Å². The summed E-state index contributed by atoms with van der Waals surface area (Å²) in [4.78, 5) is 59.6. The fraction of sp³-hybridized carbons (Fsp3) is 0.760. The molecule has 0 saturated carbocycles.